The molecule has 1 saturated heterocycles. The molecule has 0 spiro atoms. The molecule has 0 amide bonds. The molecule has 1 aromatic heterocycles. The molecule has 0 aliphatic carbocycles. The van der Waals surface area contributed by atoms with E-state index in [0.717, 1.165) is 54.9 Å². The lowest BCUT2D eigenvalue weighted by Gasteiger charge is -2.41. The molecular weight excluding hydrogens is 451 g/mol. The number of aromatic nitrogens is 1. The van der Waals surface area contributed by atoms with E-state index in [1.54, 1.807) is 0 Å². The van der Waals surface area contributed by atoms with Gasteiger partial charge in [0.05, 0.1) is 15.8 Å². The van der Waals surface area contributed by atoms with E-state index in [4.69, 9.17) is 4.74 Å². The number of ether oxygens (including phenoxy) is 1. The Bertz CT molecular complexity index is 1160. The minimum atomic E-state index is -4.36. The minimum Gasteiger partial charge on any atom is -0.427 e. The maximum atomic E-state index is 13.1. The Hall–Kier alpha value is -2.65. The van der Waals surface area contributed by atoms with Gasteiger partial charge < -0.3 is 9.64 Å². The topological polar surface area (TPSA) is 45.7 Å². The summed E-state index contributed by atoms with van der Waals surface area (Å²) in [5.74, 6) is 0.210. The predicted molar refractivity (Wildman–Crippen MR) is 124 cm³/mol. The number of hydrogen-bond acceptors (Lipinski definition) is 6. The maximum Gasteiger partial charge on any atom is 0.416 e. The van der Waals surface area contributed by atoms with Crippen LogP contribution in [0.5, 0.6) is 5.75 Å². The van der Waals surface area contributed by atoms with Crippen molar-refractivity contribution in [2.75, 3.05) is 24.5 Å². The zero-order chi connectivity index (χ0) is 23.8. The quantitative estimate of drug-likeness (QED) is 0.351. The standard InChI is InChI=1S/C24H26F3N3O2S/c1-4-19-14-30(23-28-21-6-5-18(24(25,26)27)12-22(21)33-23)8-7-29(19)13-17-9-15(2)10-20(11-17)32-16(3)31/h5-6,9-12,19H,4,7-8,13-14H2,1-3H3/t19-/m0/s1. The van der Waals surface area contributed by atoms with Crippen LogP contribution in [0.25, 0.3) is 10.2 Å². The van der Waals surface area contributed by atoms with Crippen molar-refractivity contribution in [3.63, 3.8) is 0 Å². The van der Waals surface area contributed by atoms with Crippen LogP contribution in [0.4, 0.5) is 18.3 Å². The molecular formula is C24H26F3N3O2S. The van der Waals surface area contributed by atoms with Crippen LogP contribution in [0, 0.1) is 6.92 Å². The fraction of sp³-hybridized carbons (Fsp3) is 0.417. The number of halogens is 3. The third-order valence-corrected chi connectivity index (χ3v) is 6.89. The summed E-state index contributed by atoms with van der Waals surface area (Å²) in [5.41, 5.74) is 2.06. The third kappa shape index (κ3) is 5.47. The molecule has 0 saturated carbocycles. The fourth-order valence-electron chi connectivity index (χ4n) is 4.26. The number of fused-ring (bicyclic) bond motifs is 1. The molecule has 1 aliphatic rings. The molecule has 3 aromatic rings. The zero-order valence-corrected chi connectivity index (χ0v) is 19.6. The van der Waals surface area contributed by atoms with Crippen LogP contribution < -0.4 is 9.64 Å². The average Bonchev–Trinajstić information content (AvgIpc) is 3.16. The highest BCUT2D eigenvalue weighted by Gasteiger charge is 2.31. The number of thiazole rings is 1. The van der Waals surface area contributed by atoms with Gasteiger partial charge in [0.2, 0.25) is 0 Å². The Morgan fingerprint density at radius 3 is 2.70 bits per heavy atom. The van der Waals surface area contributed by atoms with Crippen molar-refractivity contribution in [3.05, 3.63) is 53.1 Å². The first-order chi connectivity index (χ1) is 15.6. The first kappa shape index (κ1) is 23.5. The molecule has 1 aliphatic heterocycles. The summed E-state index contributed by atoms with van der Waals surface area (Å²) in [6.45, 7) is 8.53. The number of alkyl halides is 3. The van der Waals surface area contributed by atoms with Crippen molar-refractivity contribution < 1.29 is 22.7 Å². The third-order valence-electron chi connectivity index (χ3n) is 5.81. The molecule has 2 aromatic carbocycles. The minimum absolute atomic E-state index is 0.272. The largest absolute Gasteiger partial charge is 0.427 e. The number of benzene rings is 2. The summed E-state index contributed by atoms with van der Waals surface area (Å²) in [5, 5.41) is 0.759. The Labute approximate surface area is 194 Å². The molecule has 176 valence electrons. The summed E-state index contributed by atoms with van der Waals surface area (Å²) in [7, 11) is 0. The molecule has 9 heteroatoms. The first-order valence-electron chi connectivity index (χ1n) is 10.9. The molecule has 2 heterocycles. The molecule has 33 heavy (non-hydrogen) atoms. The van der Waals surface area contributed by atoms with Crippen molar-refractivity contribution in [1.82, 2.24) is 9.88 Å². The Morgan fingerprint density at radius 1 is 1.21 bits per heavy atom. The Balaban J connectivity index is 1.49. The second-order valence-corrected chi connectivity index (χ2v) is 9.41. The van der Waals surface area contributed by atoms with Gasteiger partial charge in [-0.1, -0.05) is 24.3 Å². The lowest BCUT2D eigenvalue weighted by Crippen LogP contribution is -2.52. The van der Waals surface area contributed by atoms with Gasteiger partial charge in [0.25, 0.3) is 0 Å². The van der Waals surface area contributed by atoms with E-state index in [0.29, 0.717) is 16.0 Å². The van der Waals surface area contributed by atoms with Gasteiger partial charge in [0, 0.05) is 39.1 Å². The first-order valence-corrected chi connectivity index (χ1v) is 11.7. The van der Waals surface area contributed by atoms with E-state index in [-0.39, 0.29) is 12.0 Å². The number of anilines is 1. The van der Waals surface area contributed by atoms with Gasteiger partial charge >= 0.3 is 12.1 Å². The van der Waals surface area contributed by atoms with Crippen LogP contribution in [-0.2, 0) is 17.5 Å². The number of rotatable bonds is 5. The number of carbonyl (C=O) groups excluding carboxylic acids is 1. The predicted octanol–water partition coefficient (Wildman–Crippen LogP) is 5.65. The Kier molecular flexibility index (Phi) is 6.63. The lowest BCUT2D eigenvalue weighted by atomic mass is 10.1. The number of piperazine rings is 1. The van der Waals surface area contributed by atoms with Gasteiger partial charge in [-0.15, -0.1) is 0 Å². The van der Waals surface area contributed by atoms with E-state index in [1.807, 2.05) is 19.1 Å². The van der Waals surface area contributed by atoms with E-state index in [1.165, 1.54) is 30.4 Å². The van der Waals surface area contributed by atoms with Gasteiger partial charge in [-0.3, -0.25) is 9.69 Å². The number of aryl methyl sites for hydroxylation is 1. The van der Waals surface area contributed by atoms with Crippen molar-refractivity contribution in [3.8, 4) is 5.75 Å². The van der Waals surface area contributed by atoms with Crippen molar-refractivity contribution in [2.24, 2.45) is 0 Å². The smallest absolute Gasteiger partial charge is 0.416 e. The van der Waals surface area contributed by atoms with E-state index in [2.05, 4.69) is 27.8 Å². The summed E-state index contributed by atoms with van der Waals surface area (Å²) in [4.78, 5) is 20.5. The monoisotopic (exact) mass is 477 g/mol. The molecule has 4 rings (SSSR count). The van der Waals surface area contributed by atoms with Crippen LogP contribution in [0.3, 0.4) is 0 Å². The molecule has 0 N–H and O–H groups in total. The summed E-state index contributed by atoms with van der Waals surface area (Å²) >= 11 is 1.31. The van der Waals surface area contributed by atoms with Crippen molar-refractivity contribution >= 4 is 32.7 Å². The SMILES string of the molecule is CC[C@H]1CN(c2nc3ccc(C(F)(F)F)cc3s2)CCN1Cc1cc(C)cc(OC(C)=O)c1. The number of nitrogens with zero attached hydrogens (tertiary/aromatic N) is 3. The molecule has 1 fully saturated rings. The van der Waals surface area contributed by atoms with Gasteiger partial charge in [0.1, 0.15) is 5.75 Å². The van der Waals surface area contributed by atoms with Crippen molar-refractivity contribution in [1.29, 1.82) is 0 Å². The second kappa shape index (κ2) is 9.30. The summed E-state index contributed by atoms with van der Waals surface area (Å²) in [6.07, 6.45) is -3.43. The van der Waals surface area contributed by atoms with E-state index >= 15 is 0 Å². The van der Waals surface area contributed by atoms with E-state index < -0.39 is 11.7 Å². The van der Waals surface area contributed by atoms with Gasteiger partial charge in [-0.25, -0.2) is 4.98 Å². The Morgan fingerprint density at radius 2 is 2.00 bits per heavy atom. The normalized spacial score (nSPS) is 17.5. The molecule has 0 radical (unpaired) electrons. The highest BCUT2D eigenvalue weighted by Crippen LogP contribution is 2.36. The van der Waals surface area contributed by atoms with E-state index in [9.17, 15) is 18.0 Å². The van der Waals surface area contributed by atoms with Gasteiger partial charge in [0.15, 0.2) is 5.13 Å². The van der Waals surface area contributed by atoms with Crippen LogP contribution in [-0.4, -0.2) is 41.5 Å². The highest BCUT2D eigenvalue weighted by molar-refractivity contribution is 7.22. The number of hydrogen-bond donors (Lipinski definition) is 0. The summed E-state index contributed by atoms with van der Waals surface area (Å²) < 4.78 is 45.0. The van der Waals surface area contributed by atoms with Crippen LogP contribution in [0.2, 0.25) is 0 Å². The molecule has 0 bridgehead atoms. The zero-order valence-electron chi connectivity index (χ0n) is 18.8. The summed E-state index contributed by atoms with van der Waals surface area (Å²) in [6, 6.07) is 9.83. The molecule has 0 unspecified atom stereocenters. The average molecular weight is 478 g/mol. The van der Waals surface area contributed by atoms with Gasteiger partial charge in [-0.05, 0) is 54.8 Å². The fourth-order valence-corrected chi connectivity index (χ4v) is 5.30. The van der Waals surface area contributed by atoms with Crippen LogP contribution >= 0.6 is 11.3 Å². The molecule has 5 nitrogen and oxygen atoms in total. The molecule has 1 atom stereocenters. The number of carbonyl (C=O) groups is 1. The van der Waals surface area contributed by atoms with Gasteiger partial charge in [-0.2, -0.15) is 13.2 Å². The maximum absolute atomic E-state index is 13.1. The second-order valence-electron chi connectivity index (χ2n) is 8.40. The van der Waals surface area contributed by atoms with Crippen LogP contribution in [0.15, 0.2) is 36.4 Å². The highest BCUT2D eigenvalue weighted by atomic mass is 32.1. The lowest BCUT2D eigenvalue weighted by molar-refractivity contribution is -0.137. The van der Waals surface area contributed by atoms with Crippen molar-refractivity contribution in [2.45, 2.75) is 46.0 Å². The number of esters is 1. The van der Waals surface area contributed by atoms with Crippen LogP contribution in [0.1, 0.15) is 37.0 Å².